The highest BCUT2D eigenvalue weighted by molar-refractivity contribution is 5.76. The van der Waals surface area contributed by atoms with Gasteiger partial charge in [-0.3, -0.25) is 4.79 Å². The number of hydrogen-bond donors (Lipinski definition) is 1. The fourth-order valence-corrected chi connectivity index (χ4v) is 2.18. The molecule has 5 heteroatoms. The van der Waals surface area contributed by atoms with Crippen molar-refractivity contribution >= 4 is 5.91 Å². The van der Waals surface area contributed by atoms with E-state index in [1.54, 1.807) is 7.11 Å². The van der Waals surface area contributed by atoms with Crippen molar-refractivity contribution in [1.82, 2.24) is 10.2 Å². The van der Waals surface area contributed by atoms with Gasteiger partial charge in [-0.05, 0) is 18.6 Å². The lowest BCUT2D eigenvalue weighted by Crippen LogP contribution is -2.46. The van der Waals surface area contributed by atoms with Gasteiger partial charge in [-0.15, -0.1) is 0 Å². The van der Waals surface area contributed by atoms with E-state index in [0.717, 1.165) is 44.1 Å². The molecule has 1 N–H and O–H groups in total. The van der Waals surface area contributed by atoms with Crippen LogP contribution in [0.3, 0.4) is 0 Å². The largest absolute Gasteiger partial charge is 0.497 e. The van der Waals surface area contributed by atoms with Crippen molar-refractivity contribution in [3.05, 3.63) is 24.3 Å². The molecule has 2 rings (SSSR count). The second kappa shape index (κ2) is 7.75. The Kier molecular flexibility index (Phi) is 5.68. The van der Waals surface area contributed by atoms with E-state index < -0.39 is 0 Å². The number of amides is 1. The van der Waals surface area contributed by atoms with Gasteiger partial charge in [0.15, 0.2) is 0 Å². The molecule has 0 radical (unpaired) electrons. The molecule has 20 heavy (non-hydrogen) atoms. The molecular formula is C15H22N2O3. The maximum atomic E-state index is 11.9. The standard InChI is InChI=1S/C15H22N2O3/c1-19-13-4-2-5-14(12-13)20-11-3-6-15(18)17-9-7-16-8-10-17/h2,4-5,12,16H,3,6-11H2,1H3. The summed E-state index contributed by atoms with van der Waals surface area (Å²) in [6.45, 7) is 3.97. The highest BCUT2D eigenvalue weighted by Gasteiger charge is 2.15. The SMILES string of the molecule is COc1cccc(OCCCC(=O)N2CCNCC2)c1. The number of benzene rings is 1. The number of rotatable bonds is 6. The number of piperazine rings is 1. The third-order valence-electron chi connectivity index (χ3n) is 3.31. The van der Waals surface area contributed by atoms with Gasteiger partial charge >= 0.3 is 0 Å². The number of methoxy groups -OCH3 is 1. The number of carbonyl (C=O) groups is 1. The van der Waals surface area contributed by atoms with Crippen molar-refractivity contribution in [2.24, 2.45) is 0 Å². The second-order valence-corrected chi connectivity index (χ2v) is 4.76. The van der Waals surface area contributed by atoms with E-state index in [9.17, 15) is 4.79 Å². The van der Waals surface area contributed by atoms with E-state index in [0.29, 0.717) is 13.0 Å². The van der Waals surface area contributed by atoms with Crippen molar-refractivity contribution in [3.8, 4) is 11.5 Å². The molecule has 0 bridgehead atoms. The molecule has 1 aliphatic heterocycles. The molecule has 0 unspecified atom stereocenters. The van der Waals surface area contributed by atoms with Gasteiger partial charge in [0.1, 0.15) is 11.5 Å². The summed E-state index contributed by atoms with van der Waals surface area (Å²) < 4.78 is 10.8. The monoisotopic (exact) mass is 278 g/mol. The molecule has 1 saturated heterocycles. The van der Waals surface area contributed by atoms with Gasteiger partial charge in [-0.2, -0.15) is 0 Å². The Bertz CT molecular complexity index is 431. The van der Waals surface area contributed by atoms with Crippen LogP contribution in [0.4, 0.5) is 0 Å². The van der Waals surface area contributed by atoms with Crippen LogP contribution in [-0.2, 0) is 4.79 Å². The smallest absolute Gasteiger partial charge is 0.222 e. The van der Waals surface area contributed by atoms with Crippen molar-refractivity contribution in [3.63, 3.8) is 0 Å². The second-order valence-electron chi connectivity index (χ2n) is 4.76. The number of ether oxygens (including phenoxy) is 2. The van der Waals surface area contributed by atoms with Crippen LogP contribution in [0.5, 0.6) is 11.5 Å². The van der Waals surface area contributed by atoms with E-state index in [1.165, 1.54) is 0 Å². The van der Waals surface area contributed by atoms with Gasteiger partial charge in [0.2, 0.25) is 5.91 Å². The lowest BCUT2D eigenvalue weighted by Gasteiger charge is -2.27. The first-order chi connectivity index (χ1) is 9.79. The first-order valence-electron chi connectivity index (χ1n) is 7.05. The lowest BCUT2D eigenvalue weighted by molar-refractivity contribution is -0.132. The molecule has 1 aromatic carbocycles. The maximum absolute atomic E-state index is 11.9. The van der Waals surface area contributed by atoms with Crippen LogP contribution in [0.15, 0.2) is 24.3 Å². The molecule has 5 nitrogen and oxygen atoms in total. The summed E-state index contributed by atoms with van der Waals surface area (Å²) in [5, 5.41) is 3.24. The zero-order chi connectivity index (χ0) is 14.2. The molecule has 0 aliphatic carbocycles. The zero-order valence-electron chi connectivity index (χ0n) is 11.9. The Morgan fingerprint density at radius 3 is 2.80 bits per heavy atom. The molecule has 1 fully saturated rings. The lowest BCUT2D eigenvalue weighted by atomic mass is 10.2. The number of carbonyl (C=O) groups excluding carboxylic acids is 1. The molecule has 1 amide bonds. The van der Waals surface area contributed by atoms with Gasteiger partial charge in [-0.25, -0.2) is 0 Å². The summed E-state index contributed by atoms with van der Waals surface area (Å²) in [6, 6.07) is 7.50. The van der Waals surface area contributed by atoms with Gasteiger partial charge in [0.25, 0.3) is 0 Å². The maximum Gasteiger partial charge on any atom is 0.222 e. The zero-order valence-corrected chi connectivity index (χ0v) is 11.9. The summed E-state index contributed by atoms with van der Waals surface area (Å²) in [4.78, 5) is 13.9. The summed E-state index contributed by atoms with van der Waals surface area (Å²) in [5.41, 5.74) is 0. The molecule has 0 aromatic heterocycles. The van der Waals surface area contributed by atoms with Crippen LogP contribution < -0.4 is 14.8 Å². The van der Waals surface area contributed by atoms with Gasteiger partial charge in [0, 0.05) is 38.7 Å². The Balaban J connectivity index is 1.66. The van der Waals surface area contributed by atoms with Crippen LogP contribution in [0.25, 0.3) is 0 Å². The summed E-state index contributed by atoms with van der Waals surface area (Å²) >= 11 is 0. The van der Waals surface area contributed by atoms with Crippen molar-refractivity contribution in [2.45, 2.75) is 12.8 Å². The Morgan fingerprint density at radius 2 is 2.05 bits per heavy atom. The van der Waals surface area contributed by atoms with E-state index >= 15 is 0 Å². The average Bonchev–Trinajstić information content (AvgIpc) is 2.52. The van der Waals surface area contributed by atoms with Crippen LogP contribution >= 0.6 is 0 Å². The summed E-state index contributed by atoms with van der Waals surface area (Å²) in [5.74, 6) is 1.78. The highest BCUT2D eigenvalue weighted by Crippen LogP contribution is 2.19. The van der Waals surface area contributed by atoms with Crippen LogP contribution in [0.1, 0.15) is 12.8 Å². The molecule has 1 aliphatic rings. The van der Waals surface area contributed by atoms with Gasteiger partial charge < -0.3 is 19.7 Å². The average molecular weight is 278 g/mol. The Morgan fingerprint density at radius 1 is 1.30 bits per heavy atom. The molecule has 0 atom stereocenters. The van der Waals surface area contributed by atoms with Crippen LogP contribution in [0, 0.1) is 0 Å². The van der Waals surface area contributed by atoms with Crippen molar-refractivity contribution in [1.29, 1.82) is 0 Å². The third kappa shape index (κ3) is 4.42. The summed E-state index contributed by atoms with van der Waals surface area (Å²) in [6.07, 6.45) is 1.28. The van der Waals surface area contributed by atoms with Crippen LogP contribution in [0.2, 0.25) is 0 Å². The fraction of sp³-hybridized carbons (Fsp3) is 0.533. The van der Waals surface area contributed by atoms with Gasteiger partial charge in [0.05, 0.1) is 13.7 Å². The Labute approximate surface area is 119 Å². The highest BCUT2D eigenvalue weighted by atomic mass is 16.5. The van der Waals surface area contributed by atoms with Crippen LogP contribution in [-0.4, -0.2) is 50.7 Å². The molecular weight excluding hydrogens is 256 g/mol. The fourth-order valence-electron chi connectivity index (χ4n) is 2.18. The first kappa shape index (κ1) is 14.7. The molecule has 0 saturated carbocycles. The quantitative estimate of drug-likeness (QED) is 0.797. The predicted octanol–water partition coefficient (Wildman–Crippen LogP) is 1.29. The minimum absolute atomic E-state index is 0.223. The Hall–Kier alpha value is -1.75. The predicted molar refractivity (Wildman–Crippen MR) is 77.2 cm³/mol. The van der Waals surface area contributed by atoms with Crippen molar-refractivity contribution in [2.75, 3.05) is 39.9 Å². The van der Waals surface area contributed by atoms with Crippen molar-refractivity contribution < 1.29 is 14.3 Å². The topological polar surface area (TPSA) is 50.8 Å². The third-order valence-corrected chi connectivity index (χ3v) is 3.31. The summed E-state index contributed by atoms with van der Waals surface area (Å²) in [7, 11) is 1.63. The van der Waals surface area contributed by atoms with E-state index in [4.69, 9.17) is 9.47 Å². The molecule has 0 spiro atoms. The normalized spacial score (nSPS) is 14.9. The number of hydrogen-bond acceptors (Lipinski definition) is 4. The van der Waals surface area contributed by atoms with E-state index in [2.05, 4.69) is 5.32 Å². The minimum atomic E-state index is 0.223. The minimum Gasteiger partial charge on any atom is -0.497 e. The first-order valence-corrected chi connectivity index (χ1v) is 7.05. The molecule has 110 valence electrons. The number of nitrogens with one attached hydrogen (secondary N) is 1. The van der Waals surface area contributed by atoms with E-state index in [-0.39, 0.29) is 5.91 Å². The molecule has 1 aromatic rings. The molecule has 1 heterocycles. The van der Waals surface area contributed by atoms with E-state index in [1.807, 2.05) is 29.2 Å². The van der Waals surface area contributed by atoms with Gasteiger partial charge in [-0.1, -0.05) is 6.07 Å². The number of nitrogens with zero attached hydrogens (tertiary/aromatic N) is 1.